The Morgan fingerprint density at radius 1 is 1.60 bits per heavy atom. The zero-order valence-electron chi connectivity index (χ0n) is 6.17. The molecule has 1 heterocycles. The first kappa shape index (κ1) is 7.19. The summed E-state index contributed by atoms with van der Waals surface area (Å²) in [6.07, 6.45) is 5.00. The lowest BCUT2D eigenvalue weighted by Crippen LogP contribution is -1.90. The average molecular weight is 135 g/mol. The highest BCUT2D eigenvalue weighted by Gasteiger charge is 1.90. The van der Waals surface area contributed by atoms with Crippen molar-refractivity contribution in [1.82, 2.24) is 10.2 Å². The Labute approximate surface area is 61.3 Å². The van der Waals surface area contributed by atoms with E-state index in [9.17, 15) is 0 Å². The fraction of sp³-hybridized carbons (Fsp3) is 0.500. The molecule has 0 saturated heterocycles. The molecule has 0 aliphatic heterocycles. The lowest BCUT2D eigenvalue weighted by Gasteiger charge is -1.93. The molecule has 2 heteroatoms. The third-order valence-corrected chi connectivity index (χ3v) is 1.35. The minimum absolute atomic E-state index is 1.03. The van der Waals surface area contributed by atoms with E-state index in [4.69, 9.17) is 0 Å². The fourth-order valence-corrected chi connectivity index (χ4v) is 0.779. The van der Waals surface area contributed by atoms with Crippen molar-refractivity contribution in [1.29, 1.82) is 0 Å². The molecule has 1 rings (SSSR count). The maximum Gasteiger partial charge on any atom is 0.0637 e. The van der Waals surface area contributed by atoms with E-state index >= 15 is 0 Å². The molecule has 0 aliphatic rings. The van der Waals surface area contributed by atoms with Gasteiger partial charge in [0, 0.05) is 6.07 Å². The Morgan fingerprint density at radius 3 is 3.10 bits per heavy atom. The monoisotopic (exact) mass is 135 g/mol. The summed E-state index contributed by atoms with van der Waals surface area (Å²) in [5, 5.41) is 7.67. The van der Waals surface area contributed by atoms with Crippen molar-refractivity contribution >= 4 is 0 Å². The Hall–Kier alpha value is -0.920. The van der Waals surface area contributed by atoms with Crippen LogP contribution in [0.3, 0.4) is 0 Å². The Morgan fingerprint density at radius 2 is 2.50 bits per heavy atom. The lowest BCUT2D eigenvalue weighted by molar-refractivity contribution is 0.759. The first-order chi connectivity index (χ1) is 4.93. The van der Waals surface area contributed by atoms with Crippen LogP contribution in [0.5, 0.6) is 0 Å². The van der Waals surface area contributed by atoms with E-state index in [1.165, 1.54) is 12.8 Å². The van der Waals surface area contributed by atoms with Gasteiger partial charge in [0.15, 0.2) is 0 Å². The fourth-order valence-electron chi connectivity index (χ4n) is 0.779. The molecular weight excluding hydrogens is 124 g/mol. The van der Waals surface area contributed by atoms with Crippen LogP contribution in [0.25, 0.3) is 0 Å². The second-order valence-corrected chi connectivity index (χ2v) is 2.25. The normalized spacial score (nSPS) is 9.70. The Balaban J connectivity index is 2.43. The molecule has 1 aromatic rings. The first-order valence-electron chi connectivity index (χ1n) is 3.61. The molecule has 0 spiro atoms. The van der Waals surface area contributed by atoms with E-state index in [2.05, 4.69) is 23.2 Å². The predicted octanol–water partition coefficient (Wildman–Crippen LogP) is 1.62. The third-order valence-electron chi connectivity index (χ3n) is 1.35. The van der Waals surface area contributed by atoms with Crippen LogP contribution in [0.1, 0.15) is 25.5 Å². The number of hydrogen-bond acceptors (Lipinski definition) is 2. The van der Waals surface area contributed by atoms with Crippen LogP contribution < -0.4 is 0 Å². The maximum absolute atomic E-state index is 3.94. The van der Waals surface area contributed by atoms with E-state index < -0.39 is 0 Å². The second-order valence-electron chi connectivity index (χ2n) is 2.25. The van der Waals surface area contributed by atoms with Crippen molar-refractivity contribution in [3.8, 4) is 0 Å². The number of rotatable bonds is 3. The molecule has 1 radical (unpaired) electrons. The quantitative estimate of drug-likeness (QED) is 0.629. The minimum atomic E-state index is 1.03. The van der Waals surface area contributed by atoms with E-state index in [-0.39, 0.29) is 0 Å². The molecular formula is C8H11N2. The standard InChI is InChI=1S/C8H11N2/c1-2-3-5-8-6-4-7-9-10-8/h6-7H,2-3,5H2,1H3. The van der Waals surface area contributed by atoms with Gasteiger partial charge in [0.25, 0.3) is 0 Å². The molecule has 10 heavy (non-hydrogen) atoms. The second kappa shape index (κ2) is 3.99. The van der Waals surface area contributed by atoms with Gasteiger partial charge in [-0.15, -0.1) is 0 Å². The Kier molecular flexibility index (Phi) is 2.87. The summed E-state index contributed by atoms with van der Waals surface area (Å²) in [4.78, 5) is 0. The average Bonchev–Trinajstić information content (AvgIpc) is 2.03. The van der Waals surface area contributed by atoms with Gasteiger partial charge >= 0.3 is 0 Å². The molecule has 1 aromatic heterocycles. The van der Waals surface area contributed by atoms with Gasteiger partial charge in [-0.25, -0.2) is 0 Å². The largest absolute Gasteiger partial charge is 0.158 e. The van der Waals surface area contributed by atoms with Gasteiger partial charge in [0.1, 0.15) is 0 Å². The summed E-state index contributed by atoms with van der Waals surface area (Å²) in [5.74, 6) is 0. The molecule has 0 bridgehead atoms. The van der Waals surface area contributed by atoms with Crippen LogP contribution in [-0.4, -0.2) is 10.2 Å². The molecule has 0 unspecified atom stereocenters. The SMILES string of the molecule is CCCCc1c[c]cnn1. The van der Waals surface area contributed by atoms with Gasteiger partial charge < -0.3 is 0 Å². The van der Waals surface area contributed by atoms with Crippen molar-refractivity contribution in [2.75, 3.05) is 0 Å². The smallest absolute Gasteiger partial charge is 0.0637 e. The molecule has 2 nitrogen and oxygen atoms in total. The molecule has 0 saturated carbocycles. The molecule has 0 N–H and O–H groups in total. The van der Waals surface area contributed by atoms with Gasteiger partial charge in [-0.2, -0.15) is 10.2 Å². The first-order valence-corrected chi connectivity index (χ1v) is 3.61. The van der Waals surface area contributed by atoms with E-state index in [0.29, 0.717) is 0 Å². The molecule has 0 atom stereocenters. The van der Waals surface area contributed by atoms with Crippen molar-refractivity contribution in [3.63, 3.8) is 0 Å². The van der Waals surface area contributed by atoms with Gasteiger partial charge in [-0.1, -0.05) is 13.3 Å². The summed E-state index contributed by atoms with van der Waals surface area (Å²) in [6.45, 7) is 2.17. The number of aromatic nitrogens is 2. The zero-order chi connectivity index (χ0) is 7.23. The summed E-state index contributed by atoms with van der Waals surface area (Å²) in [7, 11) is 0. The van der Waals surface area contributed by atoms with Crippen LogP contribution in [0.4, 0.5) is 0 Å². The number of nitrogens with zero attached hydrogens (tertiary/aromatic N) is 2. The van der Waals surface area contributed by atoms with Gasteiger partial charge in [0.05, 0.1) is 11.9 Å². The zero-order valence-corrected chi connectivity index (χ0v) is 6.17. The van der Waals surface area contributed by atoms with Crippen molar-refractivity contribution < 1.29 is 0 Å². The molecule has 53 valence electrons. The highest BCUT2D eigenvalue weighted by Crippen LogP contribution is 1.97. The van der Waals surface area contributed by atoms with Crippen molar-refractivity contribution in [2.24, 2.45) is 0 Å². The summed E-state index contributed by atoms with van der Waals surface area (Å²) in [6, 6.07) is 4.79. The van der Waals surface area contributed by atoms with E-state index in [0.717, 1.165) is 12.1 Å². The number of hydrogen-bond donors (Lipinski definition) is 0. The maximum atomic E-state index is 3.94. The van der Waals surface area contributed by atoms with Gasteiger partial charge in [-0.05, 0) is 18.9 Å². The van der Waals surface area contributed by atoms with Crippen LogP contribution in [0, 0.1) is 6.07 Å². The highest BCUT2D eigenvalue weighted by molar-refractivity contribution is 4.97. The highest BCUT2D eigenvalue weighted by atomic mass is 15.1. The van der Waals surface area contributed by atoms with Crippen LogP contribution >= 0.6 is 0 Å². The van der Waals surface area contributed by atoms with Gasteiger partial charge in [0.2, 0.25) is 0 Å². The van der Waals surface area contributed by atoms with Crippen LogP contribution in [0.15, 0.2) is 12.3 Å². The molecule has 0 fully saturated rings. The minimum Gasteiger partial charge on any atom is -0.158 e. The van der Waals surface area contributed by atoms with Crippen LogP contribution in [-0.2, 0) is 6.42 Å². The number of unbranched alkanes of at least 4 members (excludes halogenated alkanes) is 1. The summed E-state index contributed by atoms with van der Waals surface area (Å²) < 4.78 is 0. The lowest BCUT2D eigenvalue weighted by atomic mass is 10.2. The topological polar surface area (TPSA) is 25.8 Å². The van der Waals surface area contributed by atoms with E-state index in [1.807, 2.05) is 6.07 Å². The summed E-state index contributed by atoms with van der Waals surface area (Å²) in [5.41, 5.74) is 1.05. The predicted molar refractivity (Wildman–Crippen MR) is 39.5 cm³/mol. The molecule has 0 aromatic carbocycles. The van der Waals surface area contributed by atoms with Crippen LogP contribution in [0.2, 0.25) is 0 Å². The van der Waals surface area contributed by atoms with Crippen molar-refractivity contribution in [2.45, 2.75) is 26.2 Å². The van der Waals surface area contributed by atoms with Gasteiger partial charge in [-0.3, -0.25) is 0 Å². The number of aryl methyl sites for hydroxylation is 1. The summed E-state index contributed by atoms with van der Waals surface area (Å²) >= 11 is 0. The Bertz CT molecular complexity index is 172. The van der Waals surface area contributed by atoms with E-state index in [1.54, 1.807) is 6.20 Å². The molecule has 0 amide bonds. The van der Waals surface area contributed by atoms with Crippen molar-refractivity contribution in [3.05, 3.63) is 24.0 Å². The third kappa shape index (κ3) is 2.13. The molecule has 0 aliphatic carbocycles.